The molecule has 1 aromatic rings. The highest BCUT2D eigenvalue weighted by Gasteiger charge is 2.18. The Kier molecular flexibility index (Phi) is 3.19. The van der Waals surface area contributed by atoms with Gasteiger partial charge in [-0.3, -0.25) is 0 Å². The van der Waals surface area contributed by atoms with Crippen LogP contribution in [0.2, 0.25) is 0 Å². The predicted octanol–water partition coefficient (Wildman–Crippen LogP) is 2.10. The molecule has 0 saturated carbocycles. The van der Waals surface area contributed by atoms with Crippen molar-refractivity contribution in [1.29, 1.82) is 0 Å². The Morgan fingerprint density at radius 2 is 2.36 bits per heavy atom. The maximum Gasteiger partial charge on any atom is 0.0931 e. The molecule has 14 heavy (non-hydrogen) atoms. The minimum atomic E-state index is 0.718. The molecule has 1 saturated heterocycles. The molecular weight excluding hydrogens is 192 g/mol. The van der Waals surface area contributed by atoms with Crippen molar-refractivity contribution in [1.82, 2.24) is 10.3 Å². The number of hydrogen-bond donors (Lipinski definition) is 1. The molecule has 0 aliphatic carbocycles. The second-order valence-electron chi connectivity index (χ2n) is 4.56. The molecule has 0 spiro atoms. The minimum Gasteiger partial charge on any atom is -0.316 e. The Balaban J connectivity index is 1.88. The van der Waals surface area contributed by atoms with E-state index in [9.17, 15) is 0 Å². The fourth-order valence-electron chi connectivity index (χ4n) is 1.69. The van der Waals surface area contributed by atoms with Crippen LogP contribution in [0.25, 0.3) is 0 Å². The smallest absolute Gasteiger partial charge is 0.0931 e. The minimum absolute atomic E-state index is 0.718. The Bertz CT molecular complexity index is 289. The first-order chi connectivity index (χ1) is 6.74. The summed E-state index contributed by atoms with van der Waals surface area (Å²) in [6.45, 7) is 6.85. The van der Waals surface area contributed by atoms with E-state index < -0.39 is 0 Å². The third kappa shape index (κ3) is 2.55. The van der Waals surface area contributed by atoms with Gasteiger partial charge in [-0.15, -0.1) is 11.3 Å². The van der Waals surface area contributed by atoms with E-state index in [2.05, 4.69) is 29.5 Å². The van der Waals surface area contributed by atoms with Gasteiger partial charge in [-0.05, 0) is 31.3 Å². The molecule has 3 heteroatoms. The third-order valence-electron chi connectivity index (χ3n) is 2.55. The summed E-state index contributed by atoms with van der Waals surface area (Å²) in [4.78, 5) is 4.66. The predicted molar refractivity (Wildman–Crippen MR) is 60.7 cm³/mol. The molecule has 0 aromatic carbocycles. The molecule has 0 unspecified atom stereocenters. The van der Waals surface area contributed by atoms with Crippen LogP contribution >= 0.6 is 11.3 Å². The van der Waals surface area contributed by atoms with Gasteiger partial charge in [0.05, 0.1) is 10.7 Å². The van der Waals surface area contributed by atoms with Gasteiger partial charge < -0.3 is 5.32 Å². The zero-order valence-electron chi connectivity index (χ0n) is 8.92. The van der Waals surface area contributed by atoms with Crippen LogP contribution in [0.1, 0.15) is 24.5 Å². The van der Waals surface area contributed by atoms with Crippen molar-refractivity contribution in [2.75, 3.05) is 13.1 Å². The number of aromatic nitrogens is 1. The summed E-state index contributed by atoms with van der Waals surface area (Å²) >= 11 is 1.83. The molecule has 0 radical (unpaired) electrons. The van der Waals surface area contributed by atoms with Gasteiger partial charge in [-0.25, -0.2) is 4.98 Å². The monoisotopic (exact) mass is 210 g/mol. The SMILES string of the molecule is CC(C)Cc1csc(CC2CNC2)n1. The van der Waals surface area contributed by atoms with Crippen molar-refractivity contribution in [3.05, 3.63) is 16.1 Å². The van der Waals surface area contributed by atoms with E-state index in [1.807, 2.05) is 11.3 Å². The summed E-state index contributed by atoms with van der Waals surface area (Å²) in [6.07, 6.45) is 2.30. The average Bonchev–Trinajstić information content (AvgIpc) is 2.44. The summed E-state index contributed by atoms with van der Waals surface area (Å²) in [6, 6.07) is 0. The first-order valence-electron chi connectivity index (χ1n) is 5.38. The maximum absolute atomic E-state index is 4.66. The molecular formula is C11H18N2S. The topological polar surface area (TPSA) is 24.9 Å². The van der Waals surface area contributed by atoms with Crippen molar-refractivity contribution in [2.24, 2.45) is 11.8 Å². The number of nitrogens with one attached hydrogen (secondary N) is 1. The summed E-state index contributed by atoms with van der Waals surface area (Å²) in [5.74, 6) is 1.56. The second kappa shape index (κ2) is 4.41. The largest absolute Gasteiger partial charge is 0.316 e. The Morgan fingerprint density at radius 3 is 2.93 bits per heavy atom. The van der Waals surface area contributed by atoms with E-state index in [0.717, 1.165) is 18.3 Å². The van der Waals surface area contributed by atoms with Crippen molar-refractivity contribution < 1.29 is 0 Å². The zero-order chi connectivity index (χ0) is 9.97. The normalized spacial score (nSPS) is 17.4. The van der Waals surface area contributed by atoms with Crippen LogP contribution in [0, 0.1) is 11.8 Å². The summed E-state index contributed by atoms with van der Waals surface area (Å²) in [5.41, 5.74) is 1.28. The Labute approximate surface area is 89.8 Å². The molecule has 1 aromatic heterocycles. The molecule has 1 aliphatic heterocycles. The van der Waals surface area contributed by atoms with Crippen LogP contribution < -0.4 is 5.32 Å². The Morgan fingerprint density at radius 1 is 1.57 bits per heavy atom. The van der Waals surface area contributed by atoms with Crippen LogP contribution in [0.3, 0.4) is 0 Å². The van der Waals surface area contributed by atoms with E-state index in [4.69, 9.17) is 0 Å². The molecule has 0 amide bonds. The Hall–Kier alpha value is -0.410. The first kappa shape index (κ1) is 10.1. The van der Waals surface area contributed by atoms with E-state index in [1.54, 1.807) is 0 Å². The lowest BCUT2D eigenvalue weighted by Crippen LogP contribution is -2.43. The van der Waals surface area contributed by atoms with E-state index in [1.165, 1.54) is 30.2 Å². The maximum atomic E-state index is 4.66. The standard InChI is InChI=1S/C11H18N2S/c1-8(2)3-10-7-14-11(13-10)4-9-5-12-6-9/h7-9,12H,3-6H2,1-2H3. The molecule has 1 N–H and O–H groups in total. The van der Waals surface area contributed by atoms with Gasteiger partial charge in [0.25, 0.3) is 0 Å². The van der Waals surface area contributed by atoms with Crippen molar-refractivity contribution in [3.8, 4) is 0 Å². The number of rotatable bonds is 4. The summed E-state index contributed by atoms with van der Waals surface area (Å²) in [5, 5.41) is 6.85. The first-order valence-corrected chi connectivity index (χ1v) is 6.26. The molecule has 2 nitrogen and oxygen atoms in total. The average molecular weight is 210 g/mol. The van der Waals surface area contributed by atoms with Gasteiger partial charge in [0.1, 0.15) is 0 Å². The molecule has 0 atom stereocenters. The van der Waals surface area contributed by atoms with Crippen LogP contribution in [0.5, 0.6) is 0 Å². The molecule has 2 rings (SSSR count). The lowest BCUT2D eigenvalue weighted by Gasteiger charge is -2.25. The highest BCUT2D eigenvalue weighted by molar-refractivity contribution is 7.09. The fraction of sp³-hybridized carbons (Fsp3) is 0.727. The van der Waals surface area contributed by atoms with Gasteiger partial charge >= 0.3 is 0 Å². The van der Waals surface area contributed by atoms with Gasteiger partial charge in [-0.2, -0.15) is 0 Å². The van der Waals surface area contributed by atoms with Crippen LogP contribution in [0.4, 0.5) is 0 Å². The highest BCUT2D eigenvalue weighted by atomic mass is 32.1. The van der Waals surface area contributed by atoms with Crippen LogP contribution in [0.15, 0.2) is 5.38 Å². The molecule has 0 bridgehead atoms. The quantitative estimate of drug-likeness (QED) is 0.823. The molecule has 1 fully saturated rings. The number of hydrogen-bond acceptors (Lipinski definition) is 3. The van der Waals surface area contributed by atoms with Gasteiger partial charge in [-0.1, -0.05) is 13.8 Å². The van der Waals surface area contributed by atoms with Crippen molar-refractivity contribution >= 4 is 11.3 Å². The second-order valence-corrected chi connectivity index (χ2v) is 5.50. The van der Waals surface area contributed by atoms with Crippen molar-refractivity contribution in [2.45, 2.75) is 26.7 Å². The van der Waals surface area contributed by atoms with Crippen molar-refractivity contribution in [3.63, 3.8) is 0 Å². The van der Waals surface area contributed by atoms with E-state index >= 15 is 0 Å². The third-order valence-corrected chi connectivity index (χ3v) is 3.47. The van der Waals surface area contributed by atoms with Gasteiger partial charge in [0.15, 0.2) is 0 Å². The van der Waals surface area contributed by atoms with Gasteiger partial charge in [0.2, 0.25) is 0 Å². The zero-order valence-corrected chi connectivity index (χ0v) is 9.73. The van der Waals surface area contributed by atoms with E-state index in [-0.39, 0.29) is 0 Å². The van der Waals surface area contributed by atoms with Crippen LogP contribution in [-0.4, -0.2) is 18.1 Å². The lowest BCUT2D eigenvalue weighted by molar-refractivity contribution is 0.346. The van der Waals surface area contributed by atoms with Gasteiger partial charge in [0, 0.05) is 11.8 Å². The molecule has 2 heterocycles. The summed E-state index contributed by atoms with van der Waals surface area (Å²) < 4.78 is 0. The summed E-state index contributed by atoms with van der Waals surface area (Å²) in [7, 11) is 0. The fourth-order valence-corrected chi connectivity index (χ4v) is 2.62. The highest BCUT2D eigenvalue weighted by Crippen LogP contribution is 2.18. The molecule has 78 valence electrons. The number of nitrogens with zero attached hydrogens (tertiary/aromatic N) is 1. The number of thiazole rings is 1. The van der Waals surface area contributed by atoms with Crippen LogP contribution in [-0.2, 0) is 12.8 Å². The van der Waals surface area contributed by atoms with E-state index in [0.29, 0.717) is 0 Å². The molecule has 1 aliphatic rings. The lowest BCUT2D eigenvalue weighted by atomic mass is 10.00.